The van der Waals surface area contributed by atoms with Crippen molar-refractivity contribution in [3.8, 4) is 49.4 Å². The molecule has 4 heterocycles. The molecule has 18 atom stereocenters. The zero-order valence-corrected chi connectivity index (χ0v) is 79.4. The standard InChI is InChI=1S/C27H46NO8.C23H36NO10.2C20H32NO8/c1-8-14-21(29)34-24-20(5)33-27(32-19-13-12-18-28(6,7)17-11-4)26(36-23(31)16-10-3)25(24)35-22(30)15-9-2;1-8-11-24(6,7)12-9-10-13-29-23-22(33-18(5)28)21(32-17(4)27)20(31-16(3)26)19(34-23)14-30-15(2)25;2*1-7-10-21(5,6)11-8-9-12-25-20-19(29-16(4)24)18(28-15(3)23)17(13-26-20)27-14(2)22/h4,20,24-27H,8-10,12-19H2,1-3,5-7H3;1,19-23H,9-14H2,2-7H3;2*1,17-20H,8-13H2,2-6H3/q4*+1/t20-,24+,25+,26-,27?;19-,20-,21+,22-,23?;17-,18+,19-,20?;17-,18-,19-,20?/m0111/s1. The van der Waals surface area contributed by atoms with Gasteiger partial charge < -0.3 is 117 Å². The van der Waals surface area contributed by atoms with Gasteiger partial charge in [-0.3, -0.25) is 62.3 Å². The third-order valence-electron chi connectivity index (χ3n) is 19.3. The van der Waals surface area contributed by atoms with Crippen LogP contribution in [0.15, 0.2) is 0 Å². The summed E-state index contributed by atoms with van der Waals surface area (Å²) in [6.07, 6.45) is 12.0. The summed E-state index contributed by atoms with van der Waals surface area (Å²) in [7, 11) is 16.4. The number of carbonyl (C=O) groups excluding carboxylic acids is 13. The zero-order chi connectivity index (χ0) is 97.1. The molecule has 38 nitrogen and oxygen atoms in total. The van der Waals surface area contributed by atoms with Gasteiger partial charge in [-0.25, -0.2) is 0 Å². The number of carbonyl (C=O) groups is 13. The molecule has 726 valence electrons. The second-order valence-electron chi connectivity index (χ2n) is 33.8. The third kappa shape index (κ3) is 49.0. The van der Waals surface area contributed by atoms with Crippen LogP contribution < -0.4 is 0 Å². The number of rotatable bonds is 48. The Kier molecular flexibility index (Phi) is 56.1. The molecule has 4 saturated heterocycles. The zero-order valence-electron chi connectivity index (χ0n) is 79.4. The van der Waals surface area contributed by atoms with Crippen molar-refractivity contribution < 1.29 is 180 Å². The minimum Gasteiger partial charge on any atom is -0.463 e. The summed E-state index contributed by atoms with van der Waals surface area (Å²) in [6, 6.07) is 0. The van der Waals surface area contributed by atoms with E-state index < -0.39 is 188 Å². The molecule has 0 spiro atoms. The summed E-state index contributed by atoms with van der Waals surface area (Å²) >= 11 is 0. The predicted octanol–water partition coefficient (Wildman–Crippen LogP) is 5.24. The quantitative estimate of drug-likeness (QED) is 0.0247. The van der Waals surface area contributed by atoms with Crippen molar-refractivity contribution in [1.82, 2.24) is 0 Å². The van der Waals surface area contributed by atoms with E-state index in [2.05, 4.69) is 66.0 Å². The molecule has 0 N–H and O–H groups in total. The first kappa shape index (κ1) is 117. The Balaban J connectivity index is 0.000000857. The molecule has 38 heteroatoms. The van der Waals surface area contributed by atoms with Crippen molar-refractivity contribution in [3.05, 3.63) is 0 Å². The molecule has 4 aliphatic heterocycles. The summed E-state index contributed by atoms with van der Waals surface area (Å²) in [5.74, 6) is 3.14. The highest BCUT2D eigenvalue weighted by Crippen LogP contribution is 2.34. The Morgan fingerprint density at radius 2 is 0.555 bits per heavy atom. The minimum atomic E-state index is -1.24. The number of quaternary nitrogens is 4. The lowest BCUT2D eigenvalue weighted by molar-refractivity contribution is -0.883. The van der Waals surface area contributed by atoms with Crippen LogP contribution in [-0.4, -0.2) is 361 Å². The summed E-state index contributed by atoms with van der Waals surface area (Å²) < 4.78 is 119. The Labute approximate surface area is 756 Å². The van der Waals surface area contributed by atoms with Crippen LogP contribution in [0.2, 0.25) is 0 Å². The molecule has 0 aromatic heterocycles. The van der Waals surface area contributed by atoms with Gasteiger partial charge in [0.15, 0.2) is 98.4 Å². The van der Waals surface area contributed by atoms with Crippen molar-refractivity contribution in [2.45, 2.75) is 297 Å². The predicted molar refractivity (Wildman–Crippen MR) is 457 cm³/mol. The molecule has 4 rings (SSSR count). The molecule has 0 bridgehead atoms. The molecule has 4 aliphatic rings. The summed E-state index contributed by atoms with van der Waals surface area (Å²) in [4.78, 5) is 153. The lowest BCUT2D eigenvalue weighted by Crippen LogP contribution is -2.63. The van der Waals surface area contributed by atoms with Crippen LogP contribution in [0.3, 0.4) is 0 Å². The van der Waals surface area contributed by atoms with Gasteiger partial charge in [-0.15, -0.1) is 25.7 Å². The van der Waals surface area contributed by atoms with Crippen LogP contribution in [0.4, 0.5) is 0 Å². The molecular weight excluding hydrogens is 1680 g/mol. The number of hydrogen-bond acceptors (Lipinski definition) is 34. The number of esters is 13. The van der Waals surface area contributed by atoms with Crippen molar-refractivity contribution in [1.29, 1.82) is 0 Å². The Hall–Kier alpha value is -9.13. The highest BCUT2D eigenvalue weighted by atomic mass is 16.8. The average molecular weight is 1830 g/mol. The van der Waals surface area contributed by atoms with E-state index in [4.69, 9.17) is 125 Å². The van der Waals surface area contributed by atoms with Gasteiger partial charge in [0, 0.05) is 88.5 Å². The van der Waals surface area contributed by atoms with Gasteiger partial charge in [-0.05, 0) is 101 Å². The van der Waals surface area contributed by atoms with Crippen LogP contribution in [0.25, 0.3) is 0 Å². The maximum atomic E-state index is 12.5. The number of unbranched alkanes of at least 4 members (excludes halogenated alkanes) is 4. The Morgan fingerprint density at radius 1 is 0.305 bits per heavy atom. The second kappa shape index (κ2) is 61.4. The first-order valence-electron chi connectivity index (χ1n) is 43.3. The Morgan fingerprint density at radius 3 is 0.852 bits per heavy atom. The highest BCUT2D eigenvalue weighted by molar-refractivity contribution is 5.73. The number of ether oxygens (including phenoxy) is 21. The van der Waals surface area contributed by atoms with Gasteiger partial charge in [0.2, 0.25) is 0 Å². The van der Waals surface area contributed by atoms with E-state index in [-0.39, 0.29) is 45.7 Å². The molecule has 0 aliphatic carbocycles. The van der Waals surface area contributed by atoms with Crippen molar-refractivity contribution in [2.24, 2.45) is 0 Å². The minimum absolute atomic E-state index is 0.0496. The maximum Gasteiger partial charge on any atom is 0.306 e. The normalized spacial score (nSPS) is 24.2. The Bertz CT molecular complexity index is 3530. The number of hydrogen-bond donors (Lipinski definition) is 0. The molecule has 0 amide bonds. The van der Waals surface area contributed by atoms with Crippen LogP contribution in [-0.2, 0) is 162 Å². The fraction of sp³-hybridized carbons (Fsp3) is 0.767. The molecule has 4 unspecified atom stereocenters. The summed E-state index contributed by atoms with van der Waals surface area (Å²) in [6.45, 7) is 26.3. The van der Waals surface area contributed by atoms with E-state index in [1.54, 1.807) is 6.92 Å². The van der Waals surface area contributed by atoms with E-state index >= 15 is 0 Å². The number of terminal acetylenes is 4. The molecule has 4 fully saturated rings. The van der Waals surface area contributed by atoms with E-state index in [1.165, 1.54) is 55.4 Å². The highest BCUT2D eigenvalue weighted by Gasteiger charge is 2.55. The van der Waals surface area contributed by atoms with E-state index in [9.17, 15) is 62.3 Å². The number of nitrogens with zero attached hydrogens (tertiary/aromatic N) is 4. The molecule has 0 aromatic carbocycles. The lowest BCUT2D eigenvalue weighted by Gasteiger charge is -2.44. The van der Waals surface area contributed by atoms with E-state index in [0.717, 1.165) is 85.0 Å². The molecule has 0 aromatic rings. The smallest absolute Gasteiger partial charge is 0.306 e. The average Bonchev–Trinajstić information content (AvgIpc) is 0.787. The monoisotopic (exact) mass is 1830 g/mol. The van der Waals surface area contributed by atoms with Crippen molar-refractivity contribution in [2.75, 3.05) is 155 Å². The molecule has 0 saturated carbocycles. The van der Waals surface area contributed by atoms with Crippen LogP contribution in [0, 0.1) is 49.4 Å². The van der Waals surface area contributed by atoms with E-state index in [1.807, 2.05) is 34.9 Å². The first-order valence-corrected chi connectivity index (χ1v) is 43.3. The maximum absolute atomic E-state index is 12.5. The van der Waals surface area contributed by atoms with Gasteiger partial charge in [0.25, 0.3) is 0 Å². The topological polar surface area (TPSA) is 416 Å². The van der Waals surface area contributed by atoms with Crippen LogP contribution >= 0.6 is 0 Å². The van der Waals surface area contributed by atoms with Gasteiger partial charge in [-0.2, -0.15) is 0 Å². The molecule has 128 heavy (non-hydrogen) atoms. The third-order valence-corrected chi connectivity index (χ3v) is 19.3. The van der Waals surface area contributed by atoms with Crippen LogP contribution in [0.1, 0.15) is 187 Å². The summed E-state index contributed by atoms with van der Waals surface area (Å²) in [5, 5.41) is 0. The van der Waals surface area contributed by atoms with Crippen molar-refractivity contribution in [3.63, 3.8) is 0 Å². The fourth-order valence-electron chi connectivity index (χ4n) is 13.5. The SMILES string of the molecule is C#CC[N+](C)(C)CCCCOC1OC[C@@H](OC(C)=O)[C@@H](OC(C)=O)[C@H]1OC(C)=O.C#CC[N+](C)(C)CCCCOC1OC[C@@H](OC(C)=O)[C@H](OC(C)=O)[C@H]1OC(C)=O.C#CC[N+](C)(C)CCCCOC1O[C@@H](C)[C@@H](OC(=O)CCC)[C@@H](OC(=O)CCC)[C@@H]1OC(=O)CCC.C#CC[N+](C)(C)CCCCOC1O[C@H](COC(C)=O)[C@@H](OC(C)=O)[C@H](OC(C)=O)[C@H]1OC(C)=O. The molecular formula is C90H146N4O34+4. The van der Waals surface area contributed by atoms with Crippen molar-refractivity contribution >= 4 is 77.6 Å². The van der Waals surface area contributed by atoms with E-state index in [0.29, 0.717) is 89.6 Å². The lowest BCUT2D eigenvalue weighted by atomic mass is 9.98. The fourth-order valence-corrected chi connectivity index (χ4v) is 13.5. The van der Waals surface area contributed by atoms with Crippen LogP contribution in [0.5, 0.6) is 0 Å². The molecule has 0 radical (unpaired) electrons. The summed E-state index contributed by atoms with van der Waals surface area (Å²) in [5.41, 5.74) is 0. The first-order chi connectivity index (χ1) is 60.0. The van der Waals surface area contributed by atoms with Gasteiger partial charge >= 0.3 is 77.6 Å². The van der Waals surface area contributed by atoms with Gasteiger partial charge in [0.05, 0.1) is 128 Å². The van der Waals surface area contributed by atoms with Gasteiger partial charge in [-0.1, -0.05) is 20.8 Å². The van der Waals surface area contributed by atoms with Gasteiger partial charge in [0.1, 0.15) is 38.9 Å². The largest absolute Gasteiger partial charge is 0.463 e. The second-order valence-corrected chi connectivity index (χ2v) is 33.8.